The second-order valence-electron chi connectivity index (χ2n) is 3.98. The van der Waals surface area contributed by atoms with Gasteiger partial charge in [0, 0.05) is 35.8 Å². The number of halogens is 1. The Hall–Kier alpha value is -1.94. The summed E-state index contributed by atoms with van der Waals surface area (Å²) < 4.78 is 1.63. The van der Waals surface area contributed by atoms with Gasteiger partial charge in [0.1, 0.15) is 5.82 Å². The Morgan fingerprint density at radius 1 is 1.35 bits per heavy atom. The van der Waals surface area contributed by atoms with Gasteiger partial charge >= 0.3 is 0 Å². The maximum atomic E-state index is 6.25. The van der Waals surface area contributed by atoms with Crippen molar-refractivity contribution in [2.45, 2.75) is 0 Å². The summed E-state index contributed by atoms with van der Waals surface area (Å²) in [6.07, 6.45) is 1.89. The summed E-state index contributed by atoms with van der Waals surface area (Å²) in [5.41, 5.74) is 8.47. The molecule has 0 radical (unpaired) electrons. The lowest BCUT2D eigenvalue weighted by atomic mass is 10.1. The molecule has 3 aromatic rings. The minimum absolute atomic E-state index is 0.614. The molecule has 17 heavy (non-hydrogen) atoms. The third-order valence-corrected chi connectivity index (χ3v) is 3.15. The van der Waals surface area contributed by atoms with E-state index in [-0.39, 0.29) is 0 Å². The zero-order valence-corrected chi connectivity index (χ0v) is 9.99. The second kappa shape index (κ2) is 3.53. The van der Waals surface area contributed by atoms with E-state index in [1.54, 1.807) is 11.7 Å². The van der Waals surface area contributed by atoms with E-state index in [2.05, 4.69) is 10.1 Å². The number of nitrogens with one attached hydrogen (secondary N) is 1. The van der Waals surface area contributed by atoms with Crippen LogP contribution in [-0.4, -0.2) is 14.8 Å². The van der Waals surface area contributed by atoms with Gasteiger partial charge in [0.25, 0.3) is 0 Å². The summed E-state index contributed by atoms with van der Waals surface area (Å²) in [6.45, 7) is 0. The maximum Gasteiger partial charge on any atom is 0.121 e. The number of aromatic amines is 1. The average Bonchev–Trinajstić information content (AvgIpc) is 2.85. The van der Waals surface area contributed by atoms with Crippen molar-refractivity contribution in [1.82, 2.24) is 14.8 Å². The van der Waals surface area contributed by atoms with Gasteiger partial charge in [0.15, 0.2) is 0 Å². The number of H-pyrrole nitrogens is 1. The molecule has 86 valence electrons. The molecule has 5 heteroatoms. The average molecular weight is 247 g/mol. The fraction of sp³-hybridized carbons (Fsp3) is 0.0833. The van der Waals surface area contributed by atoms with Crippen molar-refractivity contribution < 1.29 is 0 Å². The first-order chi connectivity index (χ1) is 8.15. The number of nitrogens with zero attached hydrogens (tertiary/aromatic N) is 2. The fourth-order valence-corrected chi connectivity index (χ4v) is 2.15. The molecule has 0 atom stereocenters. The van der Waals surface area contributed by atoms with Gasteiger partial charge in [0.05, 0.1) is 10.7 Å². The zero-order chi connectivity index (χ0) is 12.0. The molecule has 2 heterocycles. The van der Waals surface area contributed by atoms with Crippen LogP contribution in [0.2, 0.25) is 5.02 Å². The molecular weight excluding hydrogens is 236 g/mol. The van der Waals surface area contributed by atoms with Crippen LogP contribution in [0.25, 0.3) is 22.2 Å². The smallest absolute Gasteiger partial charge is 0.121 e. The lowest BCUT2D eigenvalue weighted by molar-refractivity contribution is 0.782. The third kappa shape index (κ3) is 1.57. The van der Waals surface area contributed by atoms with E-state index in [0.29, 0.717) is 10.8 Å². The quantitative estimate of drug-likeness (QED) is 0.694. The summed E-state index contributed by atoms with van der Waals surface area (Å²) in [7, 11) is 1.81. The molecule has 1 aromatic carbocycles. The summed E-state index contributed by atoms with van der Waals surface area (Å²) in [5.74, 6) is 0.614. The number of hydrogen-bond donors (Lipinski definition) is 2. The van der Waals surface area contributed by atoms with Crippen LogP contribution in [0.15, 0.2) is 30.5 Å². The largest absolute Gasteiger partial charge is 0.384 e. The Labute approximate surface area is 103 Å². The molecule has 0 aliphatic rings. The van der Waals surface area contributed by atoms with Crippen LogP contribution in [0.5, 0.6) is 0 Å². The van der Waals surface area contributed by atoms with E-state index in [9.17, 15) is 0 Å². The number of hydrogen-bond acceptors (Lipinski definition) is 2. The molecule has 0 aliphatic heterocycles. The van der Waals surface area contributed by atoms with Crippen molar-refractivity contribution in [3.8, 4) is 11.3 Å². The van der Waals surface area contributed by atoms with Gasteiger partial charge in [-0.05, 0) is 18.2 Å². The number of aromatic nitrogens is 3. The number of nitrogen functional groups attached to an aromatic ring is 1. The van der Waals surface area contributed by atoms with E-state index < -0.39 is 0 Å². The third-order valence-electron chi connectivity index (χ3n) is 2.83. The highest BCUT2D eigenvalue weighted by Gasteiger charge is 2.10. The van der Waals surface area contributed by atoms with Gasteiger partial charge in [-0.3, -0.25) is 4.68 Å². The van der Waals surface area contributed by atoms with Crippen molar-refractivity contribution in [3.63, 3.8) is 0 Å². The molecule has 0 spiro atoms. The van der Waals surface area contributed by atoms with Gasteiger partial charge < -0.3 is 10.7 Å². The van der Waals surface area contributed by atoms with E-state index in [0.717, 1.165) is 22.2 Å². The minimum Gasteiger partial charge on any atom is -0.384 e. The SMILES string of the molecule is Cn1nc(-c2cc3[nH]ccc3cc2Cl)cc1N. The molecule has 3 N–H and O–H groups in total. The Kier molecular flexibility index (Phi) is 2.12. The van der Waals surface area contributed by atoms with E-state index in [1.807, 2.05) is 30.5 Å². The van der Waals surface area contributed by atoms with Crippen molar-refractivity contribution in [3.05, 3.63) is 35.5 Å². The van der Waals surface area contributed by atoms with Gasteiger partial charge in [-0.25, -0.2) is 0 Å². The second-order valence-corrected chi connectivity index (χ2v) is 4.38. The Morgan fingerprint density at radius 3 is 2.88 bits per heavy atom. The van der Waals surface area contributed by atoms with Crippen molar-refractivity contribution >= 4 is 28.3 Å². The molecule has 0 bridgehead atoms. The molecule has 3 rings (SSSR count). The van der Waals surface area contributed by atoms with E-state index in [1.165, 1.54) is 0 Å². The predicted molar refractivity (Wildman–Crippen MR) is 69.9 cm³/mol. The predicted octanol–water partition coefficient (Wildman–Crippen LogP) is 2.80. The Morgan fingerprint density at radius 2 is 2.18 bits per heavy atom. The number of benzene rings is 1. The standard InChI is InChI=1S/C12H11ClN4/c1-17-12(14)6-11(16-17)8-5-10-7(2-3-15-10)4-9(8)13/h2-6,15H,14H2,1H3. The molecule has 0 unspecified atom stereocenters. The number of anilines is 1. The molecular formula is C12H11ClN4. The number of aryl methyl sites for hydroxylation is 1. The monoisotopic (exact) mass is 246 g/mol. The molecule has 0 saturated heterocycles. The topological polar surface area (TPSA) is 59.6 Å². The normalized spacial score (nSPS) is 11.2. The molecule has 0 aliphatic carbocycles. The minimum atomic E-state index is 0.614. The molecule has 2 aromatic heterocycles. The fourth-order valence-electron chi connectivity index (χ4n) is 1.88. The first-order valence-corrected chi connectivity index (χ1v) is 5.59. The Bertz CT molecular complexity index is 676. The van der Waals surface area contributed by atoms with Crippen LogP contribution >= 0.6 is 11.6 Å². The first kappa shape index (κ1) is 10.2. The van der Waals surface area contributed by atoms with E-state index in [4.69, 9.17) is 17.3 Å². The van der Waals surface area contributed by atoms with Crippen LogP contribution in [-0.2, 0) is 7.05 Å². The van der Waals surface area contributed by atoms with Crippen molar-refractivity contribution in [1.29, 1.82) is 0 Å². The molecule has 4 nitrogen and oxygen atoms in total. The van der Waals surface area contributed by atoms with Crippen molar-refractivity contribution in [2.75, 3.05) is 5.73 Å². The summed E-state index contributed by atoms with van der Waals surface area (Å²) >= 11 is 6.25. The highest BCUT2D eigenvalue weighted by Crippen LogP contribution is 2.31. The molecule has 0 saturated carbocycles. The van der Waals surface area contributed by atoms with Gasteiger partial charge in [0.2, 0.25) is 0 Å². The summed E-state index contributed by atoms with van der Waals surface area (Å²) in [5, 5.41) is 6.09. The number of rotatable bonds is 1. The van der Waals surface area contributed by atoms with Crippen LogP contribution in [0.3, 0.4) is 0 Å². The Balaban J connectivity index is 2.25. The summed E-state index contributed by atoms with van der Waals surface area (Å²) in [4.78, 5) is 3.15. The van der Waals surface area contributed by atoms with Crippen LogP contribution < -0.4 is 5.73 Å². The van der Waals surface area contributed by atoms with Crippen molar-refractivity contribution in [2.24, 2.45) is 7.05 Å². The first-order valence-electron chi connectivity index (χ1n) is 5.21. The lowest BCUT2D eigenvalue weighted by Gasteiger charge is -2.01. The molecule has 0 fully saturated rings. The van der Waals surface area contributed by atoms with Gasteiger partial charge in [-0.1, -0.05) is 11.6 Å². The van der Waals surface area contributed by atoms with Gasteiger partial charge in [-0.15, -0.1) is 0 Å². The highest BCUT2D eigenvalue weighted by molar-refractivity contribution is 6.34. The van der Waals surface area contributed by atoms with Crippen LogP contribution in [0.4, 0.5) is 5.82 Å². The maximum absolute atomic E-state index is 6.25. The number of fused-ring (bicyclic) bond motifs is 1. The van der Waals surface area contributed by atoms with Gasteiger partial charge in [-0.2, -0.15) is 5.10 Å². The zero-order valence-electron chi connectivity index (χ0n) is 9.24. The molecule has 0 amide bonds. The number of nitrogens with two attached hydrogens (primary N) is 1. The summed E-state index contributed by atoms with van der Waals surface area (Å²) in [6, 6.07) is 7.71. The highest BCUT2D eigenvalue weighted by atomic mass is 35.5. The van der Waals surface area contributed by atoms with E-state index >= 15 is 0 Å². The van der Waals surface area contributed by atoms with Crippen LogP contribution in [0.1, 0.15) is 0 Å². The van der Waals surface area contributed by atoms with Crippen LogP contribution in [0, 0.1) is 0 Å². The lowest BCUT2D eigenvalue weighted by Crippen LogP contribution is -1.96.